The highest BCUT2D eigenvalue weighted by Crippen LogP contribution is 2.27. The molecule has 0 spiro atoms. The number of hydrogen-bond acceptors (Lipinski definition) is 5. The van der Waals surface area contributed by atoms with Gasteiger partial charge in [0.1, 0.15) is 5.76 Å². The Balaban J connectivity index is 2.14. The average Bonchev–Trinajstić information content (AvgIpc) is 2.73. The molecule has 0 N–H and O–H groups in total. The van der Waals surface area contributed by atoms with Gasteiger partial charge in [-0.25, -0.2) is 9.78 Å². The monoisotopic (exact) mass is 239 g/mol. The van der Waals surface area contributed by atoms with Crippen molar-refractivity contribution in [2.45, 2.75) is 32.6 Å². The summed E-state index contributed by atoms with van der Waals surface area (Å²) in [5, 5.41) is 0. The number of nitrogens with zero attached hydrogens (tertiary/aromatic N) is 1. The maximum absolute atomic E-state index is 11.6. The molecule has 17 heavy (non-hydrogen) atoms. The van der Waals surface area contributed by atoms with Crippen molar-refractivity contribution >= 4 is 5.97 Å². The standard InChI is InChI=1S/C12H17NO4/c1-3-16-12(14)10-8(2)17-11(13-10)9-4-6-15-7-5-9/h9H,3-7H2,1-2H3. The molecule has 2 rings (SSSR count). The van der Waals surface area contributed by atoms with Gasteiger partial charge in [-0.1, -0.05) is 0 Å². The van der Waals surface area contributed by atoms with Crippen LogP contribution in [0, 0.1) is 6.92 Å². The molecule has 1 aromatic rings. The topological polar surface area (TPSA) is 61.6 Å². The summed E-state index contributed by atoms with van der Waals surface area (Å²) in [7, 11) is 0. The van der Waals surface area contributed by atoms with Crippen LogP contribution in [-0.2, 0) is 9.47 Å². The summed E-state index contributed by atoms with van der Waals surface area (Å²) >= 11 is 0. The Bertz CT molecular complexity index is 393. The number of carbonyl (C=O) groups excluding carboxylic acids is 1. The van der Waals surface area contributed by atoms with Crippen molar-refractivity contribution in [3.63, 3.8) is 0 Å². The Kier molecular flexibility index (Phi) is 3.78. The first-order valence-corrected chi connectivity index (χ1v) is 5.94. The van der Waals surface area contributed by atoms with Crippen molar-refractivity contribution in [2.75, 3.05) is 19.8 Å². The van der Waals surface area contributed by atoms with Crippen molar-refractivity contribution in [3.05, 3.63) is 17.3 Å². The summed E-state index contributed by atoms with van der Waals surface area (Å²) in [6.45, 7) is 5.30. The smallest absolute Gasteiger partial charge is 0.360 e. The Hall–Kier alpha value is -1.36. The van der Waals surface area contributed by atoms with E-state index >= 15 is 0 Å². The first-order chi connectivity index (χ1) is 8.22. The number of aromatic nitrogens is 1. The predicted molar refractivity (Wildman–Crippen MR) is 60.0 cm³/mol. The zero-order valence-electron chi connectivity index (χ0n) is 10.2. The minimum absolute atomic E-state index is 0.255. The van der Waals surface area contributed by atoms with E-state index in [2.05, 4.69) is 4.98 Å². The van der Waals surface area contributed by atoms with Crippen LogP contribution in [0.3, 0.4) is 0 Å². The summed E-state index contributed by atoms with van der Waals surface area (Å²) in [5.74, 6) is 1.01. The number of carbonyl (C=O) groups is 1. The Morgan fingerprint density at radius 2 is 2.18 bits per heavy atom. The van der Waals surface area contributed by atoms with Crippen LogP contribution in [0.1, 0.15) is 47.8 Å². The van der Waals surface area contributed by atoms with Crippen molar-refractivity contribution in [3.8, 4) is 0 Å². The fourth-order valence-electron chi connectivity index (χ4n) is 1.92. The van der Waals surface area contributed by atoms with Gasteiger partial charge in [-0.3, -0.25) is 0 Å². The normalized spacial score (nSPS) is 17.1. The lowest BCUT2D eigenvalue weighted by molar-refractivity contribution is 0.0518. The zero-order valence-corrected chi connectivity index (χ0v) is 10.2. The molecule has 0 aliphatic carbocycles. The number of ether oxygens (including phenoxy) is 2. The van der Waals surface area contributed by atoms with E-state index in [1.54, 1.807) is 13.8 Å². The lowest BCUT2D eigenvalue weighted by Gasteiger charge is -2.18. The van der Waals surface area contributed by atoms with Gasteiger partial charge in [-0.2, -0.15) is 0 Å². The highest BCUT2D eigenvalue weighted by molar-refractivity contribution is 5.88. The van der Waals surface area contributed by atoms with Crippen LogP contribution >= 0.6 is 0 Å². The average molecular weight is 239 g/mol. The number of esters is 1. The van der Waals surface area contributed by atoms with Crippen LogP contribution in [-0.4, -0.2) is 30.8 Å². The lowest BCUT2D eigenvalue weighted by Crippen LogP contribution is -2.14. The van der Waals surface area contributed by atoms with E-state index in [-0.39, 0.29) is 5.92 Å². The van der Waals surface area contributed by atoms with Gasteiger partial charge in [0.2, 0.25) is 0 Å². The van der Waals surface area contributed by atoms with Gasteiger partial charge in [-0.15, -0.1) is 0 Å². The molecule has 5 heteroatoms. The van der Waals surface area contributed by atoms with Gasteiger partial charge in [0.15, 0.2) is 11.6 Å². The number of rotatable bonds is 3. The summed E-state index contributed by atoms with van der Waals surface area (Å²) in [6, 6.07) is 0. The maximum atomic E-state index is 11.6. The van der Waals surface area contributed by atoms with E-state index < -0.39 is 5.97 Å². The van der Waals surface area contributed by atoms with Gasteiger partial charge >= 0.3 is 5.97 Å². The van der Waals surface area contributed by atoms with Crippen LogP contribution in [0.5, 0.6) is 0 Å². The molecule has 1 fully saturated rings. The van der Waals surface area contributed by atoms with Crippen molar-refractivity contribution in [1.82, 2.24) is 4.98 Å². The molecule has 1 aliphatic rings. The van der Waals surface area contributed by atoms with E-state index in [9.17, 15) is 4.79 Å². The Morgan fingerprint density at radius 1 is 1.47 bits per heavy atom. The van der Waals surface area contributed by atoms with Crippen molar-refractivity contribution in [1.29, 1.82) is 0 Å². The lowest BCUT2D eigenvalue weighted by atomic mass is 10.0. The summed E-state index contributed by atoms with van der Waals surface area (Å²) in [5.41, 5.74) is 0.299. The van der Waals surface area contributed by atoms with Crippen LogP contribution in [0.2, 0.25) is 0 Å². The van der Waals surface area contributed by atoms with E-state index in [1.807, 2.05) is 0 Å². The van der Waals surface area contributed by atoms with Crippen LogP contribution in [0.15, 0.2) is 4.42 Å². The van der Waals surface area contributed by atoms with E-state index in [4.69, 9.17) is 13.9 Å². The molecule has 1 aliphatic heterocycles. The Labute approximate surface area is 100 Å². The number of oxazole rings is 1. The number of hydrogen-bond donors (Lipinski definition) is 0. The fraction of sp³-hybridized carbons (Fsp3) is 0.667. The molecule has 0 unspecified atom stereocenters. The molecule has 2 heterocycles. The van der Waals surface area contributed by atoms with E-state index in [0.717, 1.165) is 26.1 Å². The predicted octanol–water partition coefficient (Wildman–Crippen LogP) is 2.05. The van der Waals surface area contributed by atoms with Gasteiger partial charge in [0.25, 0.3) is 0 Å². The fourth-order valence-corrected chi connectivity index (χ4v) is 1.92. The molecule has 0 radical (unpaired) electrons. The highest BCUT2D eigenvalue weighted by Gasteiger charge is 2.25. The molecule has 0 aromatic carbocycles. The van der Waals surface area contributed by atoms with Crippen molar-refractivity contribution in [2.24, 2.45) is 0 Å². The zero-order chi connectivity index (χ0) is 12.3. The second-order valence-corrected chi connectivity index (χ2v) is 4.06. The summed E-state index contributed by atoms with van der Waals surface area (Å²) in [4.78, 5) is 15.8. The molecule has 1 aromatic heterocycles. The van der Waals surface area contributed by atoms with Gasteiger partial charge in [0.05, 0.1) is 6.61 Å². The Morgan fingerprint density at radius 3 is 2.82 bits per heavy atom. The second kappa shape index (κ2) is 5.31. The molecular weight excluding hydrogens is 222 g/mol. The molecule has 0 saturated carbocycles. The molecule has 5 nitrogen and oxygen atoms in total. The SMILES string of the molecule is CCOC(=O)c1nc(C2CCOCC2)oc1C. The van der Waals surface area contributed by atoms with Crippen LogP contribution in [0.4, 0.5) is 0 Å². The molecule has 94 valence electrons. The summed E-state index contributed by atoms with van der Waals surface area (Å²) < 4.78 is 15.8. The quantitative estimate of drug-likeness (QED) is 0.755. The third kappa shape index (κ3) is 2.66. The maximum Gasteiger partial charge on any atom is 0.360 e. The first-order valence-electron chi connectivity index (χ1n) is 5.94. The molecule has 0 bridgehead atoms. The first kappa shape index (κ1) is 12.1. The third-order valence-electron chi connectivity index (χ3n) is 2.85. The third-order valence-corrected chi connectivity index (χ3v) is 2.85. The van der Waals surface area contributed by atoms with Crippen LogP contribution < -0.4 is 0 Å². The molecular formula is C12H17NO4. The largest absolute Gasteiger partial charge is 0.461 e. The van der Waals surface area contributed by atoms with Gasteiger partial charge in [-0.05, 0) is 26.7 Å². The molecule has 1 saturated heterocycles. The molecule has 0 atom stereocenters. The summed E-state index contributed by atoms with van der Waals surface area (Å²) in [6.07, 6.45) is 1.78. The minimum Gasteiger partial charge on any atom is -0.461 e. The minimum atomic E-state index is -0.410. The molecule has 0 amide bonds. The van der Waals surface area contributed by atoms with E-state index in [1.165, 1.54) is 0 Å². The van der Waals surface area contributed by atoms with E-state index in [0.29, 0.717) is 24.0 Å². The van der Waals surface area contributed by atoms with Gasteiger partial charge < -0.3 is 13.9 Å². The number of aryl methyl sites for hydroxylation is 1. The highest BCUT2D eigenvalue weighted by atomic mass is 16.5. The van der Waals surface area contributed by atoms with Crippen LogP contribution in [0.25, 0.3) is 0 Å². The second-order valence-electron chi connectivity index (χ2n) is 4.06. The van der Waals surface area contributed by atoms with Gasteiger partial charge in [0, 0.05) is 19.1 Å². The van der Waals surface area contributed by atoms with Crippen molar-refractivity contribution < 1.29 is 18.7 Å².